The van der Waals surface area contributed by atoms with Crippen molar-refractivity contribution in [2.24, 2.45) is 5.41 Å². The predicted octanol–water partition coefficient (Wildman–Crippen LogP) is 5.16. The van der Waals surface area contributed by atoms with Crippen molar-refractivity contribution >= 4 is 17.5 Å². The van der Waals surface area contributed by atoms with Crippen LogP contribution in [0.5, 0.6) is 0 Å². The molecule has 1 aromatic rings. The van der Waals surface area contributed by atoms with E-state index in [1.165, 1.54) is 12.1 Å². The van der Waals surface area contributed by atoms with Crippen LogP contribution >= 0.6 is 0 Å². The molecule has 1 fully saturated rings. The number of amides is 1. The lowest BCUT2D eigenvalue weighted by Crippen LogP contribution is -2.28. The van der Waals surface area contributed by atoms with Crippen molar-refractivity contribution in [2.75, 3.05) is 10.6 Å². The van der Waals surface area contributed by atoms with Crippen LogP contribution in [-0.2, 0) is 4.74 Å². The lowest BCUT2D eigenvalue weighted by atomic mass is 9.92. The highest BCUT2D eigenvalue weighted by atomic mass is 19.1. The number of rotatable bonds is 3. The maximum Gasteiger partial charge on any atom is 0.412 e. The van der Waals surface area contributed by atoms with Gasteiger partial charge < -0.3 is 10.1 Å². The van der Waals surface area contributed by atoms with Crippen molar-refractivity contribution in [1.82, 2.24) is 0 Å². The smallest absolute Gasteiger partial charge is 0.412 e. The maximum atomic E-state index is 13.6. The van der Waals surface area contributed by atoms with Gasteiger partial charge in [0.2, 0.25) is 0 Å². The average molecular weight is 322 g/mol. The first kappa shape index (κ1) is 17.6. The summed E-state index contributed by atoms with van der Waals surface area (Å²) in [6, 6.07) is 4.59. The zero-order chi connectivity index (χ0) is 17.3. The second-order valence-electron chi connectivity index (χ2n) is 8.07. The standard InChI is InChI=1S/C18H27FN2O2/c1-17(2,3)23-16(22)21-14-7-6-12(19)10-15(14)20-13-8-9-18(4,5)11-13/h6-7,10,13,20H,8-9,11H2,1-5H3,(H,21,22). The summed E-state index contributed by atoms with van der Waals surface area (Å²) in [6.07, 6.45) is 2.65. The Morgan fingerprint density at radius 3 is 2.57 bits per heavy atom. The Morgan fingerprint density at radius 2 is 2.00 bits per heavy atom. The molecule has 2 rings (SSSR count). The van der Waals surface area contributed by atoms with Crippen molar-refractivity contribution in [1.29, 1.82) is 0 Å². The van der Waals surface area contributed by atoms with E-state index in [0.717, 1.165) is 19.3 Å². The molecule has 4 nitrogen and oxygen atoms in total. The fourth-order valence-electron chi connectivity index (χ4n) is 2.94. The van der Waals surface area contributed by atoms with Gasteiger partial charge in [0.1, 0.15) is 11.4 Å². The van der Waals surface area contributed by atoms with Gasteiger partial charge in [-0.3, -0.25) is 5.32 Å². The largest absolute Gasteiger partial charge is 0.444 e. The summed E-state index contributed by atoms with van der Waals surface area (Å²) in [5, 5.41) is 6.06. The Bertz CT molecular complexity index is 579. The molecule has 0 radical (unpaired) electrons. The van der Waals surface area contributed by atoms with E-state index in [2.05, 4.69) is 24.5 Å². The number of carbonyl (C=O) groups excluding carboxylic acids is 1. The molecule has 2 N–H and O–H groups in total. The molecule has 1 aromatic carbocycles. The number of carbonyl (C=O) groups is 1. The molecule has 1 unspecified atom stereocenters. The van der Waals surface area contributed by atoms with E-state index in [1.807, 2.05) is 0 Å². The topological polar surface area (TPSA) is 50.4 Å². The van der Waals surface area contributed by atoms with Gasteiger partial charge in [0.15, 0.2) is 0 Å². The minimum atomic E-state index is -0.576. The Labute approximate surface area is 137 Å². The van der Waals surface area contributed by atoms with Crippen LogP contribution in [0.25, 0.3) is 0 Å². The Hall–Kier alpha value is -1.78. The van der Waals surface area contributed by atoms with E-state index in [0.29, 0.717) is 16.8 Å². The first-order chi connectivity index (χ1) is 10.5. The van der Waals surface area contributed by atoms with Crippen LogP contribution in [0.2, 0.25) is 0 Å². The summed E-state index contributed by atoms with van der Waals surface area (Å²) < 4.78 is 18.9. The Morgan fingerprint density at radius 1 is 1.30 bits per heavy atom. The molecule has 128 valence electrons. The van der Waals surface area contributed by atoms with Crippen LogP contribution in [0.1, 0.15) is 53.9 Å². The van der Waals surface area contributed by atoms with Crippen LogP contribution in [0.15, 0.2) is 18.2 Å². The van der Waals surface area contributed by atoms with Gasteiger partial charge in [0.25, 0.3) is 0 Å². The lowest BCUT2D eigenvalue weighted by molar-refractivity contribution is 0.0636. The fourth-order valence-corrected chi connectivity index (χ4v) is 2.94. The number of hydrogen-bond donors (Lipinski definition) is 2. The third kappa shape index (κ3) is 5.41. The normalized spacial score (nSPS) is 20.2. The summed E-state index contributed by atoms with van der Waals surface area (Å²) in [6.45, 7) is 9.88. The van der Waals surface area contributed by atoms with Crippen molar-refractivity contribution < 1.29 is 13.9 Å². The van der Waals surface area contributed by atoms with E-state index >= 15 is 0 Å². The molecule has 1 aliphatic carbocycles. The molecule has 0 bridgehead atoms. The quantitative estimate of drug-likeness (QED) is 0.808. The van der Waals surface area contributed by atoms with Crippen molar-refractivity contribution in [3.8, 4) is 0 Å². The maximum absolute atomic E-state index is 13.6. The number of ether oxygens (including phenoxy) is 1. The summed E-state index contributed by atoms with van der Waals surface area (Å²) in [5.41, 5.74) is 0.848. The molecule has 0 heterocycles. The van der Waals surface area contributed by atoms with Crippen LogP contribution < -0.4 is 10.6 Å². The highest BCUT2D eigenvalue weighted by Gasteiger charge is 2.31. The van der Waals surface area contributed by atoms with Gasteiger partial charge in [-0.2, -0.15) is 0 Å². The fraction of sp³-hybridized carbons (Fsp3) is 0.611. The molecule has 0 spiro atoms. The number of nitrogens with one attached hydrogen (secondary N) is 2. The highest BCUT2D eigenvalue weighted by molar-refractivity contribution is 5.89. The first-order valence-electron chi connectivity index (χ1n) is 8.10. The molecule has 0 saturated heterocycles. The Balaban J connectivity index is 2.10. The van der Waals surface area contributed by atoms with Gasteiger partial charge in [-0.1, -0.05) is 13.8 Å². The van der Waals surface area contributed by atoms with Crippen molar-refractivity contribution in [3.05, 3.63) is 24.0 Å². The van der Waals surface area contributed by atoms with Gasteiger partial charge in [-0.25, -0.2) is 9.18 Å². The summed E-state index contributed by atoms with van der Waals surface area (Å²) in [5.74, 6) is -0.334. The van der Waals surface area contributed by atoms with Gasteiger partial charge in [-0.15, -0.1) is 0 Å². The van der Waals surface area contributed by atoms with Crippen molar-refractivity contribution in [3.63, 3.8) is 0 Å². The van der Waals surface area contributed by atoms with Gasteiger partial charge in [-0.05, 0) is 63.6 Å². The number of halogens is 1. The molecule has 1 amide bonds. The van der Waals surface area contributed by atoms with Crippen LogP contribution in [-0.4, -0.2) is 17.7 Å². The lowest BCUT2D eigenvalue weighted by Gasteiger charge is -2.22. The van der Waals surface area contributed by atoms with Crippen LogP contribution in [0, 0.1) is 11.2 Å². The van der Waals surface area contributed by atoms with Crippen LogP contribution in [0.4, 0.5) is 20.6 Å². The minimum Gasteiger partial charge on any atom is -0.444 e. The van der Waals surface area contributed by atoms with E-state index < -0.39 is 11.7 Å². The zero-order valence-corrected chi connectivity index (χ0v) is 14.6. The average Bonchev–Trinajstić information content (AvgIpc) is 2.70. The summed E-state index contributed by atoms with van der Waals surface area (Å²) in [4.78, 5) is 12.0. The molecule has 5 heteroatoms. The van der Waals surface area contributed by atoms with E-state index in [1.54, 1.807) is 26.8 Å². The molecular weight excluding hydrogens is 295 g/mol. The number of benzene rings is 1. The molecule has 1 aliphatic rings. The van der Waals surface area contributed by atoms with Gasteiger partial charge >= 0.3 is 6.09 Å². The minimum absolute atomic E-state index is 0.283. The summed E-state index contributed by atoms with van der Waals surface area (Å²) in [7, 11) is 0. The zero-order valence-electron chi connectivity index (χ0n) is 14.6. The third-order valence-corrected chi connectivity index (χ3v) is 3.95. The SMILES string of the molecule is CC1(C)CCC(Nc2cc(F)ccc2NC(=O)OC(C)(C)C)C1. The summed E-state index contributed by atoms with van der Waals surface area (Å²) >= 11 is 0. The van der Waals surface area contributed by atoms with E-state index in [9.17, 15) is 9.18 Å². The monoisotopic (exact) mass is 322 g/mol. The van der Waals surface area contributed by atoms with E-state index in [4.69, 9.17) is 4.74 Å². The van der Waals surface area contributed by atoms with Gasteiger partial charge in [0.05, 0.1) is 11.4 Å². The molecule has 1 atom stereocenters. The number of hydrogen-bond acceptors (Lipinski definition) is 3. The highest BCUT2D eigenvalue weighted by Crippen LogP contribution is 2.39. The van der Waals surface area contributed by atoms with Crippen LogP contribution in [0.3, 0.4) is 0 Å². The first-order valence-corrected chi connectivity index (χ1v) is 8.10. The van der Waals surface area contributed by atoms with E-state index in [-0.39, 0.29) is 11.9 Å². The molecule has 1 saturated carbocycles. The van der Waals surface area contributed by atoms with Gasteiger partial charge in [0, 0.05) is 6.04 Å². The predicted molar refractivity (Wildman–Crippen MR) is 91.3 cm³/mol. The number of anilines is 2. The second-order valence-corrected chi connectivity index (χ2v) is 8.07. The third-order valence-electron chi connectivity index (χ3n) is 3.95. The van der Waals surface area contributed by atoms with Crippen molar-refractivity contribution in [2.45, 2.75) is 65.5 Å². The second kappa shape index (κ2) is 6.38. The molecule has 23 heavy (non-hydrogen) atoms. The molecular formula is C18H27FN2O2. The molecule has 0 aliphatic heterocycles. The Kier molecular flexibility index (Phi) is 4.87. The molecule has 0 aromatic heterocycles.